The smallest absolute Gasteiger partial charge is 0.254 e. The number of carbonyl (C=O) groups is 1. The van der Waals surface area contributed by atoms with E-state index in [0.29, 0.717) is 5.02 Å². The normalized spacial score (nSPS) is 12.2. The molecule has 0 heterocycles. The lowest BCUT2D eigenvalue weighted by molar-refractivity contribution is 0.0934. The Bertz CT molecular complexity index is 911. The van der Waals surface area contributed by atoms with Gasteiger partial charge in [-0.2, -0.15) is 0 Å². The molecule has 0 saturated carbocycles. The van der Waals surface area contributed by atoms with Gasteiger partial charge < -0.3 is 16.0 Å². The highest BCUT2D eigenvalue weighted by molar-refractivity contribution is 7.80. The molecule has 10 heteroatoms. The summed E-state index contributed by atoms with van der Waals surface area (Å²) in [6.07, 6.45) is 0.511. The summed E-state index contributed by atoms with van der Waals surface area (Å²) in [6, 6.07) is 10.5. The van der Waals surface area contributed by atoms with E-state index in [1.54, 1.807) is 6.07 Å². The van der Waals surface area contributed by atoms with E-state index in [1.807, 2.05) is 18.2 Å². The molecule has 0 radical (unpaired) electrons. The molecule has 2 aromatic rings. The van der Waals surface area contributed by atoms with Gasteiger partial charge in [0.1, 0.15) is 6.17 Å². The molecule has 30 heavy (non-hydrogen) atoms. The molecule has 0 fully saturated rings. The first kappa shape index (κ1) is 25.3. The number of alkyl halides is 3. The molecule has 162 valence electrons. The summed E-state index contributed by atoms with van der Waals surface area (Å²) in [5, 5.41) is 9.41. The third-order valence-electron chi connectivity index (χ3n) is 4.29. The predicted octanol–water partition coefficient (Wildman–Crippen LogP) is 6.53. The Morgan fingerprint density at radius 2 is 1.63 bits per heavy atom. The zero-order valence-corrected chi connectivity index (χ0v) is 20.8. The molecule has 0 spiro atoms. The molecule has 0 bridgehead atoms. The van der Waals surface area contributed by atoms with Crippen LogP contribution in [0.15, 0.2) is 36.4 Å². The minimum Gasteiger partial charge on any atom is -0.339 e. The number of rotatable bonds is 6. The van der Waals surface area contributed by atoms with Crippen LogP contribution in [0.25, 0.3) is 0 Å². The molecule has 3 N–H and O–H groups in total. The number of amides is 1. The van der Waals surface area contributed by atoms with E-state index < -0.39 is 15.9 Å². The van der Waals surface area contributed by atoms with Crippen LogP contribution in [-0.2, 0) is 12.8 Å². The standard InChI is InChI=1S/C20H20Cl5N3OS/c1-3-11-6-5-7-12(4-2)16(11)26-19(30)28-18(20(23,24)25)27-17(29)14-9-8-13(21)10-15(14)22/h5-10,18H,3-4H2,1-2H3,(H,27,29)(H2,26,28,30). The Morgan fingerprint density at radius 1 is 1.03 bits per heavy atom. The molecule has 1 unspecified atom stereocenters. The Hall–Kier alpha value is -0.950. The fourth-order valence-electron chi connectivity index (χ4n) is 2.77. The van der Waals surface area contributed by atoms with Crippen molar-refractivity contribution in [2.24, 2.45) is 0 Å². The van der Waals surface area contributed by atoms with Crippen molar-refractivity contribution in [1.82, 2.24) is 10.6 Å². The molecular formula is C20H20Cl5N3OS. The van der Waals surface area contributed by atoms with Crippen LogP contribution in [-0.4, -0.2) is 21.0 Å². The summed E-state index contributed by atoms with van der Waals surface area (Å²) in [7, 11) is 0. The summed E-state index contributed by atoms with van der Waals surface area (Å²) >= 11 is 35.6. The molecule has 0 saturated heterocycles. The van der Waals surface area contributed by atoms with Crippen molar-refractivity contribution in [3.05, 3.63) is 63.1 Å². The van der Waals surface area contributed by atoms with Gasteiger partial charge in [-0.05, 0) is 54.4 Å². The summed E-state index contributed by atoms with van der Waals surface area (Å²) in [5.74, 6) is -0.550. The second kappa shape index (κ2) is 11.1. The maximum atomic E-state index is 12.7. The van der Waals surface area contributed by atoms with E-state index in [0.717, 1.165) is 29.7 Å². The van der Waals surface area contributed by atoms with Crippen molar-refractivity contribution in [3.63, 3.8) is 0 Å². The highest BCUT2D eigenvalue weighted by Gasteiger charge is 2.35. The average molecular weight is 528 g/mol. The van der Waals surface area contributed by atoms with Crippen LogP contribution in [0.1, 0.15) is 35.3 Å². The number of benzene rings is 2. The monoisotopic (exact) mass is 525 g/mol. The van der Waals surface area contributed by atoms with E-state index in [9.17, 15) is 4.79 Å². The molecule has 2 aromatic carbocycles. The largest absolute Gasteiger partial charge is 0.339 e. The first-order valence-corrected chi connectivity index (χ1v) is 11.4. The van der Waals surface area contributed by atoms with Gasteiger partial charge >= 0.3 is 0 Å². The van der Waals surface area contributed by atoms with Crippen LogP contribution in [0.5, 0.6) is 0 Å². The zero-order chi connectivity index (χ0) is 22.5. The molecule has 1 amide bonds. The second-order valence-corrected chi connectivity index (χ2v) is 9.95. The van der Waals surface area contributed by atoms with Crippen molar-refractivity contribution in [2.45, 2.75) is 36.6 Å². The number of aryl methyl sites for hydroxylation is 2. The predicted molar refractivity (Wildman–Crippen MR) is 133 cm³/mol. The van der Waals surface area contributed by atoms with Gasteiger partial charge in [0.25, 0.3) is 5.91 Å². The van der Waals surface area contributed by atoms with Gasteiger partial charge in [0.05, 0.1) is 10.6 Å². The number of thiocarbonyl (C=S) groups is 1. The highest BCUT2D eigenvalue weighted by atomic mass is 35.6. The third-order valence-corrected chi connectivity index (χ3v) is 5.71. The van der Waals surface area contributed by atoms with E-state index in [2.05, 4.69) is 29.8 Å². The Labute approximate surface area is 206 Å². The number of halogens is 5. The minimum atomic E-state index is -1.89. The first-order chi connectivity index (χ1) is 14.1. The topological polar surface area (TPSA) is 53.2 Å². The van der Waals surface area contributed by atoms with E-state index in [-0.39, 0.29) is 15.7 Å². The van der Waals surface area contributed by atoms with Crippen LogP contribution in [0.2, 0.25) is 10.0 Å². The Balaban J connectivity index is 2.19. The fraction of sp³-hybridized carbons (Fsp3) is 0.300. The third kappa shape index (κ3) is 6.78. The van der Waals surface area contributed by atoms with Crippen LogP contribution in [0.3, 0.4) is 0 Å². The molecule has 4 nitrogen and oxygen atoms in total. The Kier molecular flexibility index (Phi) is 9.34. The van der Waals surface area contributed by atoms with Crippen LogP contribution in [0, 0.1) is 0 Å². The van der Waals surface area contributed by atoms with Gasteiger partial charge in [-0.3, -0.25) is 4.79 Å². The molecule has 1 atom stereocenters. The van der Waals surface area contributed by atoms with Crippen molar-refractivity contribution >= 4 is 86.9 Å². The number of hydrogen-bond acceptors (Lipinski definition) is 2. The van der Waals surface area contributed by atoms with Crippen molar-refractivity contribution in [1.29, 1.82) is 0 Å². The summed E-state index contributed by atoms with van der Waals surface area (Å²) in [4.78, 5) is 12.7. The minimum absolute atomic E-state index is 0.174. The number of para-hydroxylation sites is 1. The van der Waals surface area contributed by atoms with Crippen LogP contribution >= 0.6 is 70.2 Å². The SMILES string of the molecule is CCc1cccc(CC)c1NC(=S)NC(NC(=O)c1ccc(Cl)cc1Cl)C(Cl)(Cl)Cl. The summed E-state index contributed by atoms with van der Waals surface area (Å²) in [5.41, 5.74) is 3.28. The van der Waals surface area contributed by atoms with Gasteiger partial charge in [-0.1, -0.05) is 90.1 Å². The van der Waals surface area contributed by atoms with E-state index in [1.165, 1.54) is 12.1 Å². The van der Waals surface area contributed by atoms with Gasteiger partial charge in [0, 0.05) is 10.7 Å². The lowest BCUT2D eigenvalue weighted by Gasteiger charge is -2.28. The van der Waals surface area contributed by atoms with E-state index in [4.69, 9.17) is 70.2 Å². The quantitative estimate of drug-likeness (QED) is 0.227. The van der Waals surface area contributed by atoms with Crippen molar-refractivity contribution < 1.29 is 4.79 Å². The fourth-order valence-corrected chi connectivity index (χ4v) is 3.81. The highest BCUT2D eigenvalue weighted by Crippen LogP contribution is 2.30. The zero-order valence-electron chi connectivity index (χ0n) is 16.2. The summed E-state index contributed by atoms with van der Waals surface area (Å²) < 4.78 is -1.89. The van der Waals surface area contributed by atoms with Crippen LogP contribution < -0.4 is 16.0 Å². The average Bonchev–Trinajstić information content (AvgIpc) is 2.66. The first-order valence-electron chi connectivity index (χ1n) is 9.07. The van der Waals surface area contributed by atoms with Gasteiger partial charge in [0.15, 0.2) is 5.11 Å². The molecular weight excluding hydrogens is 508 g/mol. The second-order valence-electron chi connectivity index (χ2n) is 6.33. The van der Waals surface area contributed by atoms with Gasteiger partial charge in [0.2, 0.25) is 3.79 Å². The Morgan fingerprint density at radius 3 is 2.13 bits per heavy atom. The molecule has 0 aromatic heterocycles. The maximum Gasteiger partial charge on any atom is 0.254 e. The molecule has 0 aliphatic rings. The maximum absolute atomic E-state index is 12.7. The number of anilines is 1. The number of hydrogen-bond donors (Lipinski definition) is 3. The lowest BCUT2D eigenvalue weighted by Crippen LogP contribution is -2.56. The van der Waals surface area contributed by atoms with Crippen molar-refractivity contribution in [3.8, 4) is 0 Å². The van der Waals surface area contributed by atoms with Crippen LogP contribution in [0.4, 0.5) is 5.69 Å². The van der Waals surface area contributed by atoms with Gasteiger partial charge in [-0.15, -0.1) is 0 Å². The summed E-state index contributed by atoms with van der Waals surface area (Å²) in [6.45, 7) is 4.10. The lowest BCUT2D eigenvalue weighted by atomic mass is 10.0. The van der Waals surface area contributed by atoms with Gasteiger partial charge in [-0.25, -0.2) is 0 Å². The van der Waals surface area contributed by atoms with E-state index >= 15 is 0 Å². The molecule has 0 aliphatic carbocycles. The number of nitrogens with one attached hydrogen (secondary N) is 3. The van der Waals surface area contributed by atoms with Crippen molar-refractivity contribution in [2.75, 3.05) is 5.32 Å². The molecule has 2 rings (SSSR count). The molecule has 0 aliphatic heterocycles. The number of carbonyl (C=O) groups excluding carboxylic acids is 1.